The molecule has 2 fully saturated rings. The van der Waals surface area contributed by atoms with Crippen LogP contribution in [0.15, 0.2) is 18.2 Å². The summed E-state index contributed by atoms with van der Waals surface area (Å²) in [6.45, 7) is 9.05. The number of nitrogens with one attached hydrogen (secondary N) is 2. The summed E-state index contributed by atoms with van der Waals surface area (Å²) in [6, 6.07) is 5.20. The molecule has 1 aromatic rings. The molecule has 1 unspecified atom stereocenters. The largest absolute Gasteiger partial charge is 0.451 e. The molecule has 32 heavy (non-hydrogen) atoms. The number of urea groups is 1. The second kappa shape index (κ2) is 9.30. The van der Waals surface area contributed by atoms with E-state index in [9.17, 15) is 19.2 Å². The van der Waals surface area contributed by atoms with E-state index in [4.69, 9.17) is 4.74 Å². The molecule has 1 saturated heterocycles. The van der Waals surface area contributed by atoms with Crippen molar-refractivity contribution >= 4 is 29.5 Å². The average molecular weight is 444 g/mol. The summed E-state index contributed by atoms with van der Waals surface area (Å²) in [4.78, 5) is 51.3. The number of anilines is 1. The minimum atomic E-state index is -1.08. The van der Waals surface area contributed by atoms with Crippen LogP contribution in [-0.4, -0.2) is 46.9 Å². The molecule has 1 heterocycles. The summed E-state index contributed by atoms with van der Waals surface area (Å²) in [5, 5.41) is 5.63. The number of ether oxygens (including phenoxy) is 1. The van der Waals surface area contributed by atoms with E-state index in [1.165, 1.54) is 6.92 Å². The molecule has 1 aromatic carbocycles. The fourth-order valence-corrected chi connectivity index (χ4v) is 4.40. The predicted octanol–water partition coefficient (Wildman–Crippen LogP) is 3.49. The summed E-state index contributed by atoms with van der Waals surface area (Å²) in [5.74, 6) is -0.938. The molecular weight excluding hydrogens is 410 g/mol. The van der Waals surface area contributed by atoms with Crippen LogP contribution in [0.4, 0.5) is 10.5 Å². The van der Waals surface area contributed by atoms with Crippen molar-refractivity contribution in [2.24, 2.45) is 5.92 Å². The van der Waals surface area contributed by atoms with Gasteiger partial charge in [-0.2, -0.15) is 0 Å². The van der Waals surface area contributed by atoms with E-state index in [0.29, 0.717) is 24.4 Å². The van der Waals surface area contributed by atoms with Gasteiger partial charge in [-0.1, -0.05) is 39.0 Å². The number of benzene rings is 1. The highest BCUT2D eigenvalue weighted by Crippen LogP contribution is 2.36. The molecular formula is C24H33N3O5. The van der Waals surface area contributed by atoms with Gasteiger partial charge in [-0.3, -0.25) is 19.3 Å². The Morgan fingerprint density at radius 3 is 2.50 bits per heavy atom. The van der Waals surface area contributed by atoms with Crippen molar-refractivity contribution in [2.45, 2.75) is 77.9 Å². The molecule has 0 radical (unpaired) electrons. The first-order valence-corrected chi connectivity index (χ1v) is 11.3. The quantitative estimate of drug-likeness (QED) is 0.517. The number of amides is 4. The Hall–Kier alpha value is -2.90. The van der Waals surface area contributed by atoms with Crippen LogP contribution in [0.5, 0.6) is 0 Å². The van der Waals surface area contributed by atoms with Crippen LogP contribution in [0.25, 0.3) is 0 Å². The van der Waals surface area contributed by atoms with Gasteiger partial charge >= 0.3 is 12.0 Å². The third kappa shape index (κ3) is 4.79. The van der Waals surface area contributed by atoms with Gasteiger partial charge in [-0.15, -0.1) is 0 Å². The Kier molecular flexibility index (Phi) is 6.91. The van der Waals surface area contributed by atoms with Crippen molar-refractivity contribution in [1.29, 1.82) is 0 Å². The second-order valence-corrected chi connectivity index (χ2v) is 9.40. The van der Waals surface area contributed by atoms with Gasteiger partial charge in [0.1, 0.15) is 12.1 Å². The molecule has 8 heteroatoms. The Balaban J connectivity index is 1.60. The molecule has 1 saturated carbocycles. The van der Waals surface area contributed by atoms with Crippen molar-refractivity contribution < 1.29 is 23.9 Å². The maximum Gasteiger partial charge on any atom is 0.327 e. The minimum Gasteiger partial charge on any atom is -0.451 e. The standard InChI is InChI=1S/C24H33N3O5/c1-14(2)18-8-6-7-16(4)20(18)25-21(29)17(5)32-19(28)13-27-22(30)24(26-23(27)31)11-9-15(3)10-12-24/h6-8,14-15,17H,9-13H2,1-5H3,(H,25,29)(H,26,31). The summed E-state index contributed by atoms with van der Waals surface area (Å²) in [5.41, 5.74) is 1.70. The first kappa shape index (κ1) is 23.8. The number of rotatable bonds is 6. The molecule has 3 rings (SSSR count). The van der Waals surface area contributed by atoms with Crippen molar-refractivity contribution in [3.05, 3.63) is 29.3 Å². The number of aryl methyl sites for hydroxylation is 1. The topological polar surface area (TPSA) is 105 Å². The highest BCUT2D eigenvalue weighted by Gasteiger charge is 2.52. The molecule has 8 nitrogen and oxygen atoms in total. The Morgan fingerprint density at radius 1 is 1.22 bits per heavy atom. The van der Waals surface area contributed by atoms with Gasteiger partial charge < -0.3 is 15.4 Å². The number of nitrogens with zero attached hydrogens (tertiary/aromatic N) is 1. The van der Waals surface area contributed by atoms with Crippen LogP contribution in [0.3, 0.4) is 0 Å². The number of hydrogen-bond donors (Lipinski definition) is 2. The van der Waals surface area contributed by atoms with E-state index in [0.717, 1.165) is 28.9 Å². The molecule has 2 N–H and O–H groups in total. The molecule has 1 aliphatic heterocycles. The zero-order chi connectivity index (χ0) is 23.6. The van der Waals surface area contributed by atoms with Gasteiger partial charge in [-0.25, -0.2) is 4.79 Å². The smallest absolute Gasteiger partial charge is 0.327 e. The van der Waals surface area contributed by atoms with Crippen LogP contribution in [0, 0.1) is 12.8 Å². The summed E-state index contributed by atoms with van der Waals surface area (Å²) < 4.78 is 5.25. The van der Waals surface area contributed by atoms with Gasteiger partial charge in [0.05, 0.1) is 0 Å². The Bertz CT molecular complexity index is 918. The van der Waals surface area contributed by atoms with Crippen molar-refractivity contribution in [2.75, 3.05) is 11.9 Å². The molecule has 0 aromatic heterocycles. The zero-order valence-corrected chi connectivity index (χ0v) is 19.5. The zero-order valence-electron chi connectivity index (χ0n) is 19.5. The summed E-state index contributed by atoms with van der Waals surface area (Å²) in [6.07, 6.45) is 1.75. The van der Waals surface area contributed by atoms with Crippen LogP contribution in [0.2, 0.25) is 0 Å². The number of carbonyl (C=O) groups excluding carboxylic acids is 4. The maximum absolute atomic E-state index is 12.9. The van der Waals surface area contributed by atoms with Gasteiger partial charge in [0.2, 0.25) is 0 Å². The second-order valence-electron chi connectivity index (χ2n) is 9.40. The van der Waals surface area contributed by atoms with Crippen LogP contribution < -0.4 is 10.6 Å². The lowest BCUT2D eigenvalue weighted by atomic mass is 9.77. The Labute approximate surface area is 189 Å². The Morgan fingerprint density at radius 2 is 1.88 bits per heavy atom. The lowest BCUT2D eigenvalue weighted by Gasteiger charge is -2.33. The van der Waals surface area contributed by atoms with E-state index >= 15 is 0 Å². The van der Waals surface area contributed by atoms with Gasteiger partial charge in [-0.05, 0) is 62.5 Å². The normalized spacial score (nSPS) is 23.9. The summed E-state index contributed by atoms with van der Waals surface area (Å²) in [7, 11) is 0. The molecule has 1 spiro atoms. The van der Waals surface area contributed by atoms with Gasteiger partial charge in [0.25, 0.3) is 11.8 Å². The van der Waals surface area contributed by atoms with Crippen LogP contribution >= 0.6 is 0 Å². The highest BCUT2D eigenvalue weighted by atomic mass is 16.5. The summed E-state index contributed by atoms with van der Waals surface area (Å²) >= 11 is 0. The van der Waals surface area contributed by atoms with Gasteiger partial charge in [0, 0.05) is 5.69 Å². The predicted molar refractivity (Wildman–Crippen MR) is 120 cm³/mol. The van der Waals surface area contributed by atoms with Crippen molar-refractivity contribution in [3.8, 4) is 0 Å². The van der Waals surface area contributed by atoms with Gasteiger partial charge in [0.15, 0.2) is 6.10 Å². The molecule has 4 amide bonds. The lowest BCUT2D eigenvalue weighted by molar-refractivity contribution is -0.155. The maximum atomic E-state index is 12.9. The number of hydrogen-bond acceptors (Lipinski definition) is 5. The molecule has 1 atom stereocenters. The third-order valence-corrected chi connectivity index (χ3v) is 6.51. The number of para-hydroxylation sites is 1. The average Bonchev–Trinajstić information content (AvgIpc) is 2.95. The molecule has 2 aliphatic rings. The first-order valence-electron chi connectivity index (χ1n) is 11.3. The first-order chi connectivity index (χ1) is 15.0. The van der Waals surface area contributed by atoms with E-state index < -0.39 is 36.1 Å². The number of esters is 1. The third-order valence-electron chi connectivity index (χ3n) is 6.51. The van der Waals surface area contributed by atoms with E-state index in [2.05, 4.69) is 17.6 Å². The van der Waals surface area contributed by atoms with E-state index in [1.807, 2.05) is 39.0 Å². The monoisotopic (exact) mass is 443 g/mol. The van der Waals surface area contributed by atoms with Crippen molar-refractivity contribution in [1.82, 2.24) is 10.2 Å². The number of carbonyl (C=O) groups is 4. The number of imide groups is 1. The molecule has 0 bridgehead atoms. The fraction of sp³-hybridized carbons (Fsp3) is 0.583. The van der Waals surface area contributed by atoms with Crippen molar-refractivity contribution in [3.63, 3.8) is 0 Å². The molecule has 174 valence electrons. The fourth-order valence-electron chi connectivity index (χ4n) is 4.40. The highest BCUT2D eigenvalue weighted by molar-refractivity contribution is 6.09. The lowest BCUT2D eigenvalue weighted by Crippen LogP contribution is -2.49. The van der Waals surface area contributed by atoms with E-state index in [-0.39, 0.29) is 11.8 Å². The minimum absolute atomic E-state index is 0.206. The van der Waals surface area contributed by atoms with Crippen LogP contribution in [0.1, 0.15) is 70.4 Å². The van der Waals surface area contributed by atoms with Crippen LogP contribution in [-0.2, 0) is 19.1 Å². The SMILES string of the molecule is Cc1cccc(C(C)C)c1NC(=O)C(C)OC(=O)CN1C(=O)NC2(CCC(C)CC2)C1=O. The molecule has 1 aliphatic carbocycles. The van der Waals surface area contributed by atoms with E-state index in [1.54, 1.807) is 0 Å².